The third-order valence-electron chi connectivity index (χ3n) is 2.79. The monoisotopic (exact) mass is 269 g/mol. The van der Waals surface area contributed by atoms with Gasteiger partial charge in [0.1, 0.15) is 5.76 Å². The fourth-order valence-electron chi connectivity index (χ4n) is 1.90. The van der Waals surface area contributed by atoms with Crippen LogP contribution in [0.2, 0.25) is 0 Å². The Morgan fingerprint density at radius 3 is 2.95 bits per heavy atom. The highest BCUT2D eigenvalue weighted by Crippen LogP contribution is 2.21. The predicted molar refractivity (Wildman–Crippen MR) is 66.7 cm³/mol. The number of carbonyl (C=O) groups excluding carboxylic acids is 1. The largest absolute Gasteiger partial charge is 0.463 e. The van der Waals surface area contributed by atoms with Crippen LogP contribution in [0.1, 0.15) is 30.2 Å². The first kappa shape index (κ1) is 14.0. The van der Waals surface area contributed by atoms with Crippen molar-refractivity contribution in [2.45, 2.75) is 32.3 Å². The van der Waals surface area contributed by atoms with Crippen LogP contribution in [0, 0.1) is 0 Å². The van der Waals surface area contributed by atoms with Crippen molar-refractivity contribution < 1.29 is 23.4 Å². The highest BCUT2D eigenvalue weighted by atomic mass is 16.7. The van der Waals surface area contributed by atoms with Gasteiger partial charge in [0.2, 0.25) is 5.76 Å². The van der Waals surface area contributed by atoms with E-state index >= 15 is 0 Å². The molecule has 1 atom stereocenters. The Morgan fingerprint density at radius 1 is 1.53 bits per heavy atom. The second-order valence-corrected chi connectivity index (χ2v) is 4.84. The fourth-order valence-corrected chi connectivity index (χ4v) is 1.90. The summed E-state index contributed by atoms with van der Waals surface area (Å²) >= 11 is 0. The number of ether oxygens (including phenoxy) is 3. The number of esters is 1. The molecular weight excluding hydrogens is 250 g/mol. The summed E-state index contributed by atoms with van der Waals surface area (Å²) < 4.78 is 21.0. The second kappa shape index (κ2) is 5.73. The van der Waals surface area contributed by atoms with Crippen LogP contribution in [-0.2, 0) is 20.8 Å². The molecule has 1 saturated heterocycles. The molecule has 1 fully saturated rings. The molecule has 0 spiro atoms. The third-order valence-corrected chi connectivity index (χ3v) is 2.79. The van der Waals surface area contributed by atoms with Gasteiger partial charge in [0.05, 0.1) is 26.4 Å². The van der Waals surface area contributed by atoms with Gasteiger partial charge < -0.3 is 23.9 Å². The van der Waals surface area contributed by atoms with Crippen LogP contribution in [0.5, 0.6) is 0 Å². The van der Waals surface area contributed by atoms with E-state index in [0.717, 1.165) is 0 Å². The Hall–Kier alpha value is -1.37. The molecule has 1 N–H and O–H groups in total. The quantitative estimate of drug-likeness (QED) is 0.813. The van der Waals surface area contributed by atoms with Gasteiger partial charge >= 0.3 is 5.97 Å². The lowest BCUT2D eigenvalue weighted by molar-refractivity contribution is -0.137. The molecule has 1 aromatic rings. The predicted octanol–water partition coefficient (Wildman–Crippen LogP) is 1.31. The summed E-state index contributed by atoms with van der Waals surface area (Å²) in [6, 6.07) is 3.34. The first-order chi connectivity index (χ1) is 9.00. The van der Waals surface area contributed by atoms with Crippen LogP contribution in [-0.4, -0.2) is 38.1 Å². The standard InChI is InChI=1S/C13H19NO5/c1-13(2)17-8-10(19-13)7-14-6-9-4-5-11(18-9)12(15)16-3/h4-5,10,14H,6-8H2,1-3H3. The second-order valence-electron chi connectivity index (χ2n) is 4.84. The lowest BCUT2D eigenvalue weighted by atomic mass is 10.3. The van der Waals surface area contributed by atoms with Crippen LogP contribution < -0.4 is 5.32 Å². The Kier molecular flexibility index (Phi) is 4.24. The molecule has 1 aromatic heterocycles. The summed E-state index contributed by atoms with van der Waals surface area (Å²) in [5, 5.41) is 3.20. The average molecular weight is 269 g/mol. The minimum Gasteiger partial charge on any atom is -0.463 e. The van der Waals surface area contributed by atoms with E-state index in [9.17, 15) is 4.79 Å². The van der Waals surface area contributed by atoms with Gasteiger partial charge in [0.15, 0.2) is 5.79 Å². The minimum atomic E-state index is -0.505. The molecule has 0 saturated carbocycles. The van der Waals surface area contributed by atoms with Gasteiger partial charge in [-0.3, -0.25) is 0 Å². The highest BCUT2D eigenvalue weighted by Gasteiger charge is 2.32. The summed E-state index contributed by atoms with van der Waals surface area (Å²) in [4.78, 5) is 11.2. The number of methoxy groups -OCH3 is 1. The van der Waals surface area contributed by atoms with Crippen molar-refractivity contribution in [3.05, 3.63) is 23.7 Å². The van der Waals surface area contributed by atoms with Gasteiger partial charge in [0.25, 0.3) is 0 Å². The number of hydrogen-bond donors (Lipinski definition) is 1. The fraction of sp³-hybridized carbons (Fsp3) is 0.615. The van der Waals surface area contributed by atoms with Crippen molar-refractivity contribution in [2.75, 3.05) is 20.3 Å². The van der Waals surface area contributed by atoms with Crippen molar-refractivity contribution in [3.8, 4) is 0 Å². The van der Waals surface area contributed by atoms with Crippen LogP contribution in [0.15, 0.2) is 16.5 Å². The maximum atomic E-state index is 11.2. The Bertz CT molecular complexity index is 440. The summed E-state index contributed by atoms with van der Waals surface area (Å²) in [6.45, 7) is 5.55. The average Bonchev–Trinajstić information content (AvgIpc) is 2.95. The molecule has 2 rings (SSSR count). The van der Waals surface area contributed by atoms with Gasteiger partial charge in [-0.15, -0.1) is 0 Å². The zero-order valence-electron chi connectivity index (χ0n) is 11.4. The molecule has 0 radical (unpaired) electrons. The number of rotatable bonds is 5. The normalized spacial score (nSPS) is 21.5. The maximum absolute atomic E-state index is 11.2. The molecular formula is C13H19NO5. The number of hydrogen-bond acceptors (Lipinski definition) is 6. The molecule has 0 aliphatic carbocycles. The zero-order valence-corrected chi connectivity index (χ0v) is 11.4. The Balaban J connectivity index is 1.74. The summed E-state index contributed by atoms with van der Waals surface area (Å²) in [5.41, 5.74) is 0. The van der Waals surface area contributed by atoms with Gasteiger partial charge in [-0.25, -0.2) is 4.79 Å². The first-order valence-corrected chi connectivity index (χ1v) is 6.20. The van der Waals surface area contributed by atoms with Crippen LogP contribution in [0.3, 0.4) is 0 Å². The molecule has 1 unspecified atom stereocenters. The van der Waals surface area contributed by atoms with Crippen LogP contribution in [0.4, 0.5) is 0 Å². The van der Waals surface area contributed by atoms with E-state index in [2.05, 4.69) is 10.1 Å². The molecule has 6 nitrogen and oxygen atoms in total. The van der Waals surface area contributed by atoms with E-state index in [4.69, 9.17) is 13.9 Å². The van der Waals surface area contributed by atoms with Gasteiger partial charge in [0, 0.05) is 6.54 Å². The van der Waals surface area contributed by atoms with Gasteiger partial charge in [-0.1, -0.05) is 0 Å². The molecule has 0 bridgehead atoms. The number of carbonyl (C=O) groups is 1. The molecule has 106 valence electrons. The van der Waals surface area contributed by atoms with E-state index < -0.39 is 11.8 Å². The summed E-state index contributed by atoms with van der Waals surface area (Å²) in [5.74, 6) is -0.0882. The Morgan fingerprint density at radius 2 is 2.32 bits per heavy atom. The van der Waals surface area contributed by atoms with E-state index in [1.165, 1.54) is 7.11 Å². The van der Waals surface area contributed by atoms with Crippen molar-refractivity contribution >= 4 is 5.97 Å². The SMILES string of the molecule is COC(=O)c1ccc(CNCC2COC(C)(C)O2)o1. The third kappa shape index (κ3) is 3.79. The summed E-state index contributed by atoms with van der Waals surface area (Å²) in [7, 11) is 1.32. The molecule has 0 amide bonds. The number of furan rings is 1. The van der Waals surface area contributed by atoms with Crippen molar-refractivity contribution in [1.82, 2.24) is 5.32 Å². The van der Waals surface area contributed by atoms with Gasteiger partial charge in [-0.2, -0.15) is 0 Å². The van der Waals surface area contributed by atoms with Crippen molar-refractivity contribution in [1.29, 1.82) is 0 Å². The van der Waals surface area contributed by atoms with Crippen molar-refractivity contribution in [2.24, 2.45) is 0 Å². The van der Waals surface area contributed by atoms with E-state index in [1.54, 1.807) is 12.1 Å². The van der Waals surface area contributed by atoms with Crippen molar-refractivity contribution in [3.63, 3.8) is 0 Å². The smallest absolute Gasteiger partial charge is 0.373 e. The minimum absolute atomic E-state index is 0.0324. The van der Waals surface area contributed by atoms with E-state index in [0.29, 0.717) is 25.5 Å². The van der Waals surface area contributed by atoms with Crippen LogP contribution in [0.25, 0.3) is 0 Å². The van der Waals surface area contributed by atoms with Gasteiger partial charge in [-0.05, 0) is 26.0 Å². The topological polar surface area (TPSA) is 69.9 Å². The molecule has 1 aliphatic heterocycles. The molecule has 0 aromatic carbocycles. The first-order valence-electron chi connectivity index (χ1n) is 6.20. The molecule has 2 heterocycles. The lowest BCUT2D eigenvalue weighted by Gasteiger charge is -2.17. The highest BCUT2D eigenvalue weighted by molar-refractivity contribution is 5.86. The maximum Gasteiger partial charge on any atom is 0.373 e. The molecule has 6 heteroatoms. The Labute approximate surface area is 112 Å². The van der Waals surface area contributed by atoms with E-state index in [1.807, 2.05) is 13.8 Å². The number of nitrogens with one attached hydrogen (secondary N) is 1. The molecule has 1 aliphatic rings. The summed E-state index contributed by atoms with van der Waals surface area (Å²) in [6.07, 6.45) is 0.0324. The zero-order chi connectivity index (χ0) is 13.9. The van der Waals surface area contributed by atoms with E-state index in [-0.39, 0.29) is 11.9 Å². The molecule has 19 heavy (non-hydrogen) atoms. The lowest BCUT2D eigenvalue weighted by Crippen LogP contribution is -2.30. The van der Waals surface area contributed by atoms with Crippen LogP contribution >= 0.6 is 0 Å².